The van der Waals surface area contributed by atoms with Gasteiger partial charge in [-0.3, -0.25) is 0 Å². The minimum absolute atomic E-state index is 0.605. The zero-order chi connectivity index (χ0) is 19.1. The van der Waals surface area contributed by atoms with Crippen molar-refractivity contribution in [1.29, 1.82) is 0 Å². The fraction of sp³-hybridized carbons (Fsp3) is 0.300. The van der Waals surface area contributed by atoms with E-state index in [-0.39, 0.29) is 0 Å². The lowest BCUT2D eigenvalue weighted by molar-refractivity contribution is 0.821. The van der Waals surface area contributed by atoms with Gasteiger partial charge in [-0.25, -0.2) is 0 Å². The predicted octanol–water partition coefficient (Wildman–Crippen LogP) is 4.19. The molecule has 0 heterocycles. The Bertz CT molecular complexity index is 735. The summed E-state index contributed by atoms with van der Waals surface area (Å²) in [5.74, 6) is 0. The quantitative estimate of drug-likeness (QED) is 0.457. The highest BCUT2D eigenvalue weighted by molar-refractivity contribution is 7.80. The van der Waals surface area contributed by atoms with E-state index in [0.29, 0.717) is 23.3 Å². The highest BCUT2D eigenvalue weighted by Crippen LogP contribution is 2.16. The van der Waals surface area contributed by atoms with Crippen molar-refractivity contribution in [3.63, 3.8) is 0 Å². The smallest absolute Gasteiger partial charge is 0.170 e. The van der Waals surface area contributed by atoms with E-state index >= 15 is 0 Å². The van der Waals surface area contributed by atoms with Crippen LogP contribution in [0.4, 0.5) is 11.4 Å². The average Bonchev–Trinajstić information content (AvgIpc) is 2.58. The van der Waals surface area contributed by atoms with Gasteiger partial charge in [-0.2, -0.15) is 0 Å². The third-order valence-corrected chi connectivity index (χ3v) is 4.47. The Morgan fingerprint density at radius 2 is 1.08 bits per heavy atom. The van der Waals surface area contributed by atoms with Crippen LogP contribution in [0.1, 0.15) is 22.3 Å². The molecule has 0 spiro atoms. The fourth-order valence-electron chi connectivity index (χ4n) is 2.43. The number of thiocarbonyl (C=S) groups is 2. The minimum atomic E-state index is 0.605. The molecular weight excluding hydrogens is 360 g/mol. The molecule has 0 saturated heterocycles. The van der Waals surface area contributed by atoms with E-state index in [0.717, 1.165) is 22.5 Å². The molecule has 0 radical (unpaired) electrons. The van der Waals surface area contributed by atoms with Gasteiger partial charge in [0.25, 0.3) is 0 Å². The second-order valence-corrected chi connectivity index (χ2v) is 7.22. The van der Waals surface area contributed by atoms with Gasteiger partial charge >= 0.3 is 0 Å². The van der Waals surface area contributed by atoms with Crippen molar-refractivity contribution in [2.75, 3.05) is 23.7 Å². The standard InChI is InChI=1S/C20H26N4S2/c1-13-5-7-15(3)17(11-13)23-19(25)21-9-10-22-20(26)24-18-12-14(2)6-8-16(18)4/h5-8,11-12H,9-10H2,1-4H3,(H2,21,23,25)(H2,22,24,26). The predicted molar refractivity (Wildman–Crippen MR) is 120 cm³/mol. The van der Waals surface area contributed by atoms with Gasteiger partial charge < -0.3 is 21.3 Å². The normalized spacial score (nSPS) is 10.2. The topological polar surface area (TPSA) is 48.1 Å². The zero-order valence-corrected chi connectivity index (χ0v) is 17.3. The van der Waals surface area contributed by atoms with Crippen molar-refractivity contribution in [2.45, 2.75) is 27.7 Å². The Hall–Kier alpha value is -2.18. The highest BCUT2D eigenvalue weighted by atomic mass is 32.1. The molecule has 138 valence electrons. The molecule has 0 unspecified atom stereocenters. The lowest BCUT2D eigenvalue weighted by atomic mass is 10.1. The number of aryl methyl sites for hydroxylation is 4. The van der Waals surface area contributed by atoms with E-state index in [1.54, 1.807) is 0 Å². The first-order chi connectivity index (χ1) is 12.3. The summed E-state index contributed by atoms with van der Waals surface area (Å²) in [6, 6.07) is 12.5. The molecule has 4 N–H and O–H groups in total. The van der Waals surface area contributed by atoms with Crippen LogP contribution in [0.25, 0.3) is 0 Å². The molecule has 2 aromatic carbocycles. The monoisotopic (exact) mass is 386 g/mol. The Labute approximate surface area is 166 Å². The van der Waals surface area contributed by atoms with Crippen molar-refractivity contribution in [1.82, 2.24) is 10.6 Å². The molecule has 0 amide bonds. The van der Waals surface area contributed by atoms with Crippen LogP contribution in [0.3, 0.4) is 0 Å². The second-order valence-electron chi connectivity index (χ2n) is 6.40. The number of nitrogens with one attached hydrogen (secondary N) is 4. The van der Waals surface area contributed by atoms with E-state index in [4.69, 9.17) is 24.4 Å². The van der Waals surface area contributed by atoms with Crippen molar-refractivity contribution < 1.29 is 0 Å². The molecule has 2 rings (SSSR count). The lowest BCUT2D eigenvalue weighted by Gasteiger charge is -2.15. The van der Waals surface area contributed by atoms with Gasteiger partial charge in [0.2, 0.25) is 0 Å². The number of hydrogen-bond acceptors (Lipinski definition) is 2. The molecule has 26 heavy (non-hydrogen) atoms. The molecule has 0 fully saturated rings. The Morgan fingerprint density at radius 1 is 0.692 bits per heavy atom. The van der Waals surface area contributed by atoms with Crippen molar-refractivity contribution in [3.05, 3.63) is 58.7 Å². The first-order valence-electron chi connectivity index (χ1n) is 8.59. The average molecular weight is 387 g/mol. The van der Waals surface area contributed by atoms with Crippen LogP contribution in [-0.4, -0.2) is 23.3 Å². The Kier molecular flexibility index (Phi) is 7.36. The van der Waals surface area contributed by atoms with E-state index in [1.165, 1.54) is 11.1 Å². The molecule has 0 aromatic heterocycles. The maximum atomic E-state index is 5.36. The second kappa shape index (κ2) is 9.50. The molecule has 0 aliphatic heterocycles. The van der Waals surface area contributed by atoms with E-state index in [1.807, 2.05) is 0 Å². The molecule has 6 heteroatoms. The van der Waals surface area contributed by atoms with Gasteiger partial charge in [0.15, 0.2) is 10.2 Å². The van der Waals surface area contributed by atoms with Crippen LogP contribution >= 0.6 is 24.4 Å². The summed E-state index contributed by atoms with van der Waals surface area (Å²) in [4.78, 5) is 0. The number of benzene rings is 2. The van der Waals surface area contributed by atoms with Crippen molar-refractivity contribution in [3.8, 4) is 0 Å². The molecule has 0 saturated carbocycles. The maximum absolute atomic E-state index is 5.36. The SMILES string of the molecule is Cc1ccc(C)c(NC(=S)NCCNC(=S)Nc2cc(C)ccc2C)c1. The highest BCUT2D eigenvalue weighted by Gasteiger charge is 2.03. The molecule has 0 bridgehead atoms. The van der Waals surface area contributed by atoms with E-state index in [9.17, 15) is 0 Å². The molecule has 0 aliphatic carbocycles. The molecule has 2 aromatic rings. The molecule has 0 aliphatic rings. The van der Waals surface area contributed by atoms with Crippen molar-refractivity contribution >= 4 is 46.0 Å². The van der Waals surface area contributed by atoms with Crippen LogP contribution in [0.2, 0.25) is 0 Å². The number of hydrogen-bond donors (Lipinski definition) is 4. The zero-order valence-electron chi connectivity index (χ0n) is 15.7. The lowest BCUT2D eigenvalue weighted by Crippen LogP contribution is -2.38. The molecule has 0 atom stereocenters. The van der Waals surface area contributed by atoms with Crippen LogP contribution in [0.15, 0.2) is 36.4 Å². The summed E-state index contributed by atoms with van der Waals surface area (Å²) in [6.07, 6.45) is 0. The van der Waals surface area contributed by atoms with E-state index in [2.05, 4.69) is 85.4 Å². The van der Waals surface area contributed by atoms with Gasteiger partial charge in [-0.15, -0.1) is 0 Å². The van der Waals surface area contributed by atoms with Gasteiger partial charge in [0, 0.05) is 24.5 Å². The molecule has 4 nitrogen and oxygen atoms in total. The van der Waals surface area contributed by atoms with Gasteiger partial charge in [-0.1, -0.05) is 24.3 Å². The van der Waals surface area contributed by atoms with Gasteiger partial charge in [0.05, 0.1) is 0 Å². The largest absolute Gasteiger partial charge is 0.361 e. The first-order valence-corrected chi connectivity index (χ1v) is 9.41. The van der Waals surface area contributed by atoms with Crippen molar-refractivity contribution in [2.24, 2.45) is 0 Å². The summed E-state index contributed by atoms with van der Waals surface area (Å²) in [5, 5.41) is 14.1. The summed E-state index contributed by atoms with van der Waals surface area (Å²) in [6.45, 7) is 9.59. The van der Waals surface area contributed by atoms with Crippen LogP contribution < -0.4 is 21.3 Å². The fourth-order valence-corrected chi connectivity index (χ4v) is 2.85. The van der Waals surface area contributed by atoms with E-state index < -0.39 is 0 Å². The summed E-state index contributed by atoms with van der Waals surface area (Å²) < 4.78 is 0. The van der Waals surface area contributed by atoms with Crippen LogP contribution in [-0.2, 0) is 0 Å². The summed E-state index contributed by atoms with van der Waals surface area (Å²) in [7, 11) is 0. The third kappa shape index (κ3) is 6.28. The van der Waals surface area contributed by atoms with Crippen LogP contribution in [0.5, 0.6) is 0 Å². The molecular formula is C20H26N4S2. The minimum Gasteiger partial charge on any atom is -0.361 e. The Morgan fingerprint density at radius 3 is 1.46 bits per heavy atom. The van der Waals surface area contributed by atoms with Gasteiger partial charge in [0.1, 0.15) is 0 Å². The number of anilines is 2. The first kappa shape index (κ1) is 20.1. The Balaban J connectivity index is 1.72. The van der Waals surface area contributed by atoms with Crippen LogP contribution in [0, 0.1) is 27.7 Å². The maximum Gasteiger partial charge on any atom is 0.170 e. The summed E-state index contributed by atoms with van der Waals surface area (Å²) in [5.41, 5.74) is 6.79. The summed E-state index contributed by atoms with van der Waals surface area (Å²) >= 11 is 10.7. The number of rotatable bonds is 5. The third-order valence-electron chi connectivity index (χ3n) is 3.98. The van der Waals surface area contributed by atoms with Gasteiger partial charge in [-0.05, 0) is 86.5 Å².